The zero-order chi connectivity index (χ0) is 20.2. The quantitative estimate of drug-likeness (QED) is 0.741. The Morgan fingerprint density at radius 2 is 1.78 bits per heavy atom. The predicted octanol–water partition coefficient (Wildman–Crippen LogP) is 4.82. The minimum atomic E-state index is -0.596. The number of esters is 1. The van der Waals surface area contributed by atoms with Crippen molar-refractivity contribution in [1.82, 2.24) is 10.3 Å². The first-order valence-electron chi connectivity index (χ1n) is 8.76. The summed E-state index contributed by atoms with van der Waals surface area (Å²) < 4.78 is 10.3. The molecule has 0 radical (unpaired) electrons. The molecular weight excluding hydrogens is 364 g/mol. The highest BCUT2D eigenvalue weighted by Gasteiger charge is 2.28. The Kier molecular flexibility index (Phi) is 6.59. The fourth-order valence-electron chi connectivity index (χ4n) is 2.44. The standard InChI is InChI=1S/C20H26N2O4S/c1-12(2)14(22-19(24)26-20(3,4)5)17-21-15(18(23)25-6)16(27-17)13-10-8-7-9-11-13/h7-12,14H,1-6H3,(H,22,24). The largest absolute Gasteiger partial charge is 0.464 e. The number of nitrogens with one attached hydrogen (secondary N) is 1. The normalized spacial score (nSPS) is 12.6. The van der Waals surface area contributed by atoms with Gasteiger partial charge in [0.25, 0.3) is 0 Å². The van der Waals surface area contributed by atoms with Gasteiger partial charge in [0.2, 0.25) is 0 Å². The van der Waals surface area contributed by atoms with Crippen molar-refractivity contribution >= 4 is 23.4 Å². The summed E-state index contributed by atoms with van der Waals surface area (Å²) in [6.45, 7) is 9.38. The van der Waals surface area contributed by atoms with Crippen molar-refractivity contribution < 1.29 is 19.1 Å². The SMILES string of the molecule is COC(=O)c1nc(C(NC(=O)OC(C)(C)C)C(C)C)sc1-c1ccccc1. The maximum atomic E-state index is 12.3. The molecular formula is C20H26N2O4S. The minimum Gasteiger partial charge on any atom is -0.464 e. The van der Waals surface area contributed by atoms with Gasteiger partial charge in [-0.3, -0.25) is 0 Å². The van der Waals surface area contributed by atoms with E-state index in [0.717, 1.165) is 5.56 Å². The lowest BCUT2D eigenvalue weighted by Gasteiger charge is -2.24. The van der Waals surface area contributed by atoms with Gasteiger partial charge in [0.1, 0.15) is 10.6 Å². The highest BCUT2D eigenvalue weighted by atomic mass is 32.1. The summed E-state index contributed by atoms with van der Waals surface area (Å²) in [5.74, 6) is -0.450. The fourth-order valence-corrected chi connectivity index (χ4v) is 3.72. The zero-order valence-electron chi connectivity index (χ0n) is 16.5. The molecule has 1 aromatic heterocycles. The molecule has 1 atom stereocenters. The van der Waals surface area contributed by atoms with Crippen LogP contribution < -0.4 is 5.32 Å². The van der Waals surface area contributed by atoms with Gasteiger partial charge in [0.05, 0.1) is 18.0 Å². The molecule has 0 aliphatic rings. The Balaban J connectivity index is 2.41. The lowest BCUT2D eigenvalue weighted by Crippen LogP contribution is -2.36. The second kappa shape index (κ2) is 8.52. The van der Waals surface area contributed by atoms with E-state index in [2.05, 4.69) is 10.3 Å². The van der Waals surface area contributed by atoms with Crippen LogP contribution in [0.1, 0.15) is 56.2 Å². The van der Waals surface area contributed by atoms with Gasteiger partial charge >= 0.3 is 12.1 Å². The molecule has 146 valence electrons. The summed E-state index contributed by atoms with van der Waals surface area (Å²) in [5, 5.41) is 3.51. The van der Waals surface area contributed by atoms with E-state index in [9.17, 15) is 9.59 Å². The molecule has 1 amide bonds. The molecule has 0 bridgehead atoms. The molecule has 1 unspecified atom stereocenters. The summed E-state index contributed by atoms with van der Waals surface area (Å²) in [6.07, 6.45) is -0.516. The van der Waals surface area contributed by atoms with Crippen LogP contribution in [0.15, 0.2) is 30.3 Å². The first-order valence-corrected chi connectivity index (χ1v) is 9.58. The number of thiazole rings is 1. The van der Waals surface area contributed by atoms with Gasteiger partial charge in [-0.15, -0.1) is 11.3 Å². The molecule has 0 aliphatic heterocycles. The van der Waals surface area contributed by atoms with Crippen molar-refractivity contribution in [2.45, 2.75) is 46.3 Å². The van der Waals surface area contributed by atoms with Crippen molar-refractivity contribution in [2.75, 3.05) is 7.11 Å². The number of carbonyl (C=O) groups excluding carboxylic acids is 2. The van der Waals surface area contributed by atoms with E-state index in [0.29, 0.717) is 9.88 Å². The lowest BCUT2D eigenvalue weighted by atomic mass is 10.1. The number of aromatic nitrogens is 1. The number of benzene rings is 1. The number of hydrogen-bond donors (Lipinski definition) is 1. The van der Waals surface area contributed by atoms with E-state index in [-0.39, 0.29) is 17.7 Å². The van der Waals surface area contributed by atoms with Crippen molar-refractivity contribution in [2.24, 2.45) is 5.92 Å². The molecule has 6 nitrogen and oxygen atoms in total. The smallest absolute Gasteiger partial charge is 0.408 e. The average molecular weight is 391 g/mol. The minimum absolute atomic E-state index is 0.0535. The average Bonchev–Trinajstić information content (AvgIpc) is 3.03. The number of hydrogen-bond acceptors (Lipinski definition) is 6. The number of nitrogens with zero attached hydrogens (tertiary/aromatic N) is 1. The van der Waals surface area contributed by atoms with E-state index in [1.165, 1.54) is 18.4 Å². The molecule has 7 heteroatoms. The van der Waals surface area contributed by atoms with Gasteiger partial charge in [-0.2, -0.15) is 0 Å². The van der Waals surface area contributed by atoms with Gasteiger partial charge in [-0.1, -0.05) is 44.2 Å². The fraction of sp³-hybridized carbons (Fsp3) is 0.450. The molecule has 0 fully saturated rings. The maximum absolute atomic E-state index is 12.3. The first kappa shape index (κ1) is 20.9. The molecule has 0 saturated carbocycles. The van der Waals surface area contributed by atoms with Crippen molar-refractivity contribution in [1.29, 1.82) is 0 Å². The monoisotopic (exact) mass is 390 g/mol. The van der Waals surface area contributed by atoms with Gasteiger partial charge < -0.3 is 14.8 Å². The number of methoxy groups -OCH3 is 1. The number of alkyl carbamates (subject to hydrolysis) is 1. The summed E-state index contributed by atoms with van der Waals surface area (Å²) in [6, 6.07) is 9.14. The third kappa shape index (κ3) is 5.53. The maximum Gasteiger partial charge on any atom is 0.408 e. The molecule has 27 heavy (non-hydrogen) atoms. The Morgan fingerprint density at radius 1 is 1.15 bits per heavy atom. The van der Waals surface area contributed by atoms with Crippen LogP contribution in [0.4, 0.5) is 4.79 Å². The van der Waals surface area contributed by atoms with Crippen LogP contribution in [0.5, 0.6) is 0 Å². The second-order valence-corrected chi connectivity index (χ2v) is 8.49. The van der Waals surface area contributed by atoms with Gasteiger partial charge in [-0.05, 0) is 32.3 Å². The molecule has 1 aromatic carbocycles. The third-order valence-electron chi connectivity index (χ3n) is 3.66. The number of rotatable bonds is 5. The first-order chi connectivity index (χ1) is 12.6. The topological polar surface area (TPSA) is 77.5 Å². The van der Waals surface area contributed by atoms with E-state index in [1.807, 2.05) is 65.0 Å². The summed E-state index contributed by atoms with van der Waals surface area (Å²) in [7, 11) is 1.33. The summed E-state index contributed by atoms with van der Waals surface area (Å²) in [5.41, 5.74) is 0.530. The molecule has 2 rings (SSSR count). The van der Waals surface area contributed by atoms with E-state index < -0.39 is 17.7 Å². The predicted molar refractivity (Wildman–Crippen MR) is 106 cm³/mol. The second-order valence-electron chi connectivity index (χ2n) is 7.46. The van der Waals surface area contributed by atoms with Crippen LogP contribution >= 0.6 is 11.3 Å². The van der Waals surface area contributed by atoms with Crippen LogP contribution in [0, 0.1) is 5.92 Å². The number of carbonyl (C=O) groups is 2. The molecule has 1 heterocycles. The third-order valence-corrected chi connectivity index (χ3v) is 4.85. The Bertz CT molecular complexity index is 794. The number of ether oxygens (including phenoxy) is 2. The van der Waals surface area contributed by atoms with E-state index in [1.54, 1.807) is 0 Å². The number of amides is 1. The van der Waals surface area contributed by atoms with Gasteiger partial charge in [0.15, 0.2) is 5.69 Å². The summed E-state index contributed by atoms with van der Waals surface area (Å²) >= 11 is 1.37. The molecule has 2 aromatic rings. The van der Waals surface area contributed by atoms with Crippen LogP contribution in [0.3, 0.4) is 0 Å². The Morgan fingerprint density at radius 3 is 2.30 bits per heavy atom. The Hall–Kier alpha value is -2.41. The zero-order valence-corrected chi connectivity index (χ0v) is 17.3. The molecule has 0 spiro atoms. The Labute approximate surface area is 163 Å². The highest BCUT2D eigenvalue weighted by Crippen LogP contribution is 2.35. The van der Waals surface area contributed by atoms with Crippen LogP contribution in [-0.2, 0) is 9.47 Å². The van der Waals surface area contributed by atoms with Crippen molar-refractivity contribution in [3.8, 4) is 10.4 Å². The van der Waals surface area contributed by atoms with E-state index >= 15 is 0 Å². The lowest BCUT2D eigenvalue weighted by molar-refractivity contribution is 0.0489. The van der Waals surface area contributed by atoms with Gasteiger partial charge in [-0.25, -0.2) is 14.6 Å². The van der Waals surface area contributed by atoms with E-state index in [4.69, 9.17) is 9.47 Å². The molecule has 0 aliphatic carbocycles. The van der Waals surface area contributed by atoms with Crippen LogP contribution in [-0.4, -0.2) is 29.8 Å². The van der Waals surface area contributed by atoms with Crippen LogP contribution in [0.2, 0.25) is 0 Å². The van der Waals surface area contributed by atoms with Gasteiger partial charge in [0, 0.05) is 0 Å². The van der Waals surface area contributed by atoms with Crippen molar-refractivity contribution in [3.05, 3.63) is 41.0 Å². The highest BCUT2D eigenvalue weighted by molar-refractivity contribution is 7.15. The molecule has 0 saturated heterocycles. The van der Waals surface area contributed by atoms with Crippen molar-refractivity contribution in [3.63, 3.8) is 0 Å². The summed E-state index contributed by atoms with van der Waals surface area (Å²) in [4.78, 5) is 29.7. The molecule has 1 N–H and O–H groups in total. The van der Waals surface area contributed by atoms with Crippen LogP contribution in [0.25, 0.3) is 10.4 Å².